The maximum Gasteiger partial charge on any atom is 0.241 e. The Hall–Kier alpha value is -3.92. The number of hydrogen-bond donors (Lipinski definition) is 1. The highest BCUT2D eigenvalue weighted by molar-refractivity contribution is 7.89. The Labute approximate surface area is 237 Å². The fourth-order valence-corrected chi connectivity index (χ4v) is 7.44. The van der Waals surface area contributed by atoms with Gasteiger partial charge in [-0.05, 0) is 46.2 Å². The first kappa shape index (κ1) is 26.3. The molecule has 1 N–H and O–H groups in total. The van der Waals surface area contributed by atoms with Crippen molar-refractivity contribution in [3.63, 3.8) is 0 Å². The summed E-state index contributed by atoms with van der Waals surface area (Å²) >= 11 is 1.64. The highest BCUT2D eigenvalue weighted by atomic mass is 32.2. The molecule has 0 bridgehead atoms. The molecule has 9 heteroatoms. The van der Waals surface area contributed by atoms with Gasteiger partial charge in [0.1, 0.15) is 0 Å². The molecule has 0 aliphatic carbocycles. The SMILES string of the molecule is O=C(CC(NS(=O)(=O)c1ccc2ccccc2c1)c1ccccc1)N1CCc2nc(Cc3ccncc3)sc2C1. The number of benzene rings is 3. The molecule has 1 atom stereocenters. The molecule has 0 fully saturated rings. The smallest absolute Gasteiger partial charge is 0.241 e. The molecular weight excluding hydrogens is 541 g/mol. The van der Waals surface area contributed by atoms with Crippen LogP contribution in [-0.2, 0) is 34.2 Å². The van der Waals surface area contributed by atoms with Crippen LogP contribution in [0, 0.1) is 0 Å². The van der Waals surface area contributed by atoms with Crippen molar-refractivity contribution in [2.45, 2.75) is 36.7 Å². The minimum atomic E-state index is -3.88. The molecule has 2 aromatic heterocycles. The van der Waals surface area contributed by atoms with Gasteiger partial charge in [-0.15, -0.1) is 11.3 Å². The molecule has 0 spiro atoms. The molecular formula is C31H28N4O3S2. The van der Waals surface area contributed by atoms with Crippen LogP contribution in [0.3, 0.4) is 0 Å². The van der Waals surface area contributed by atoms with E-state index in [1.54, 1.807) is 41.9 Å². The Morgan fingerprint density at radius 2 is 1.70 bits per heavy atom. The van der Waals surface area contributed by atoms with E-state index in [1.807, 2.05) is 71.6 Å². The lowest BCUT2D eigenvalue weighted by Gasteiger charge is -2.28. The lowest BCUT2D eigenvalue weighted by Crippen LogP contribution is -2.39. The number of nitrogens with zero attached hydrogens (tertiary/aromatic N) is 3. The number of sulfonamides is 1. The minimum Gasteiger partial charge on any atom is -0.337 e. The lowest BCUT2D eigenvalue weighted by molar-refractivity contribution is -0.132. The van der Waals surface area contributed by atoms with Gasteiger partial charge < -0.3 is 4.90 Å². The van der Waals surface area contributed by atoms with E-state index in [2.05, 4.69) is 9.71 Å². The predicted molar refractivity (Wildman–Crippen MR) is 156 cm³/mol. The van der Waals surface area contributed by atoms with E-state index in [1.165, 1.54) is 0 Å². The van der Waals surface area contributed by atoms with Crippen LogP contribution in [0.4, 0.5) is 0 Å². The summed E-state index contributed by atoms with van der Waals surface area (Å²) < 4.78 is 29.8. The second-order valence-electron chi connectivity index (χ2n) is 9.87. The van der Waals surface area contributed by atoms with Crippen molar-refractivity contribution >= 4 is 38.0 Å². The fourth-order valence-electron chi connectivity index (χ4n) is 5.02. The van der Waals surface area contributed by atoms with Crippen LogP contribution >= 0.6 is 11.3 Å². The highest BCUT2D eigenvalue weighted by Crippen LogP contribution is 2.29. The van der Waals surface area contributed by atoms with Gasteiger partial charge in [0, 0.05) is 43.1 Å². The van der Waals surface area contributed by atoms with Gasteiger partial charge in [-0.1, -0.05) is 60.7 Å². The molecule has 6 rings (SSSR count). The average molecular weight is 569 g/mol. The van der Waals surface area contributed by atoms with Crippen LogP contribution < -0.4 is 4.72 Å². The Morgan fingerprint density at radius 3 is 2.50 bits per heavy atom. The van der Waals surface area contributed by atoms with Crippen LogP contribution in [-0.4, -0.2) is 35.7 Å². The summed E-state index contributed by atoms with van der Waals surface area (Å²) in [4.78, 5) is 25.5. The Morgan fingerprint density at radius 1 is 0.950 bits per heavy atom. The van der Waals surface area contributed by atoms with Crippen LogP contribution in [0.15, 0.2) is 102 Å². The molecule has 3 heterocycles. The van der Waals surface area contributed by atoms with Gasteiger partial charge in [0.05, 0.1) is 28.2 Å². The van der Waals surface area contributed by atoms with Gasteiger partial charge in [0.15, 0.2) is 0 Å². The van der Waals surface area contributed by atoms with E-state index >= 15 is 0 Å². The van der Waals surface area contributed by atoms with Crippen molar-refractivity contribution in [3.8, 4) is 0 Å². The topological polar surface area (TPSA) is 92.3 Å². The summed E-state index contributed by atoms with van der Waals surface area (Å²) in [5.41, 5.74) is 2.95. The molecule has 5 aromatic rings. The van der Waals surface area contributed by atoms with Gasteiger partial charge in [0.25, 0.3) is 0 Å². The molecule has 202 valence electrons. The zero-order chi connectivity index (χ0) is 27.5. The average Bonchev–Trinajstić information content (AvgIpc) is 3.39. The number of pyridine rings is 1. The number of hydrogen-bond acceptors (Lipinski definition) is 6. The summed E-state index contributed by atoms with van der Waals surface area (Å²) in [6, 6.07) is 25.3. The van der Waals surface area contributed by atoms with E-state index in [4.69, 9.17) is 4.98 Å². The van der Waals surface area contributed by atoms with Crippen LogP contribution in [0.5, 0.6) is 0 Å². The summed E-state index contributed by atoms with van der Waals surface area (Å²) in [7, 11) is -3.88. The Balaban J connectivity index is 1.19. The third-order valence-electron chi connectivity index (χ3n) is 7.14. The molecule has 1 unspecified atom stereocenters. The van der Waals surface area contributed by atoms with Crippen LogP contribution in [0.1, 0.15) is 39.2 Å². The second kappa shape index (κ2) is 11.3. The van der Waals surface area contributed by atoms with E-state index in [0.717, 1.165) is 43.9 Å². The van der Waals surface area contributed by atoms with Crippen molar-refractivity contribution in [2.24, 2.45) is 0 Å². The van der Waals surface area contributed by atoms with Gasteiger partial charge >= 0.3 is 0 Å². The fraction of sp³-hybridized carbons (Fsp3) is 0.194. The largest absolute Gasteiger partial charge is 0.337 e. The monoisotopic (exact) mass is 568 g/mol. The normalized spacial score (nSPS) is 14.2. The van der Waals surface area contributed by atoms with Crippen molar-refractivity contribution < 1.29 is 13.2 Å². The van der Waals surface area contributed by atoms with Crippen molar-refractivity contribution in [3.05, 3.63) is 124 Å². The van der Waals surface area contributed by atoms with Crippen molar-refractivity contribution in [2.75, 3.05) is 6.54 Å². The first-order valence-electron chi connectivity index (χ1n) is 13.1. The molecule has 7 nitrogen and oxygen atoms in total. The number of rotatable bonds is 8. The third kappa shape index (κ3) is 5.82. The summed E-state index contributed by atoms with van der Waals surface area (Å²) in [6.45, 7) is 1.05. The minimum absolute atomic E-state index is 0.0227. The first-order chi connectivity index (χ1) is 19.4. The number of thiazole rings is 1. The molecule has 0 radical (unpaired) electrons. The van der Waals surface area contributed by atoms with Crippen molar-refractivity contribution in [1.29, 1.82) is 0 Å². The maximum absolute atomic E-state index is 13.6. The zero-order valence-electron chi connectivity index (χ0n) is 21.7. The zero-order valence-corrected chi connectivity index (χ0v) is 23.4. The summed E-state index contributed by atoms with van der Waals surface area (Å²) in [5.74, 6) is -0.0928. The molecule has 3 aromatic carbocycles. The van der Waals surface area contributed by atoms with Gasteiger partial charge in [-0.3, -0.25) is 9.78 Å². The van der Waals surface area contributed by atoms with Gasteiger partial charge in [-0.2, -0.15) is 0 Å². The van der Waals surface area contributed by atoms with Gasteiger partial charge in [-0.25, -0.2) is 18.1 Å². The van der Waals surface area contributed by atoms with E-state index in [0.29, 0.717) is 19.5 Å². The number of aromatic nitrogens is 2. The summed E-state index contributed by atoms with van der Waals surface area (Å²) in [6.07, 6.45) is 5.00. The Kier molecular flexibility index (Phi) is 7.42. The van der Waals surface area contributed by atoms with E-state index < -0.39 is 16.1 Å². The second-order valence-corrected chi connectivity index (χ2v) is 12.8. The maximum atomic E-state index is 13.6. The van der Waals surface area contributed by atoms with Crippen LogP contribution in [0.25, 0.3) is 10.8 Å². The molecule has 1 aliphatic heterocycles. The Bertz CT molecular complexity index is 1760. The molecule has 1 amide bonds. The van der Waals surface area contributed by atoms with Gasteiger partial charge in [0.2, 0.25) is 15.9 Å². The number of nitrogens with one attached hydrogen (secondary N) is 1. The number of carbonyl (C=O) groups is 1. The molecule has 1 aliphatic rings. The molecule has 40 heavy (non-hydrogen) atoms. The number of fused-ring (bicyclic) bond motifs is 2. The highest BCUT2D eigenvalue weighted by Gasteiger charge is 2.29. The lowest BCUT2D eigenvalue weighted by atomic mass is 10.0. The number of carbonyl (C=O) groups excluding carboxylic acids is 1. The first-order valence-corrected chi connectivity index (χ1v) is 15.4. The third-order valence-corrected chi connectivity index (χ3v) is 9.69. The standard InChI is InChI=1S/C31H28N4O3S2/c36-31(35-17-14-27-29(21-35)39-30(33-27)18-22-12-15-32-16-13-22)20-28(24-7-2-1-3-8-24)34-40(37,38)26-11-10-23-6-4-5-9-25(23)19-26/h1-13,15-16,19,28,34H,14,17-18,20-21H2. The summed E-state index contributed by atoms with van der Waals surface area (Å²) in [5, 5.41) is 2.83. The quantitative estimate of drug-likeness (QED) is 0.275. The molecule has 0 saturated heterocycles. The van der Waals surface area contributed by atoms with E-state index in [-0.39, 0.29) is 17.2 Å². The predicted octanol–water partition coefficient (Wildman–Crippen LogP) is 5.28. The van der Waals surface area contributed by atoms with E-state index in [9.17, 15) is 13.2 Å². The van der Waals surface area contributed by atoms with Crippen LogP contribution in [0.2, 0.25) is 0 Å². The number of amides is 1. The van der Waals surface area contributed by atoms with Crippen molar-refractivity contribution in [1.82, 2.24) is 19.6 Å². The molecule has 0 saturated carbocycles.